The molecule has 18 heavy (non-hydrogen) atoms. The fourth-order valence-electron chi connectivity index (χ4n) is 2.15. The standard InChI is InChI=1S/C14H18ClN3/c1-2-13(18-7-6-17-10-18)9-14(16)11-4-3-5-12(15)8-11/h3-8,10,13-14H,2,9,16H2,1H3. The molecule has 0 aliphatic carbocycles. The summed E-state index contributed by atoms with van der Waals surface area (Å²) in [6.07, 6.45) is 7.54. The molecular weight excluding hydrogens is 246 g/mol. The quantitative estimate of drug-likeness (QED) is 0.896. The van der Waals surface area contributed by atoms with Gasteiger partial charge in [-0.3, -0.25) is 0 Å². The summed E-state index contributed by atoms with van der Waals surface area (Å²) >= 11 is 5.99. The van der Waals surface area contributed by atoms with Gasteiger partial charge in [0.05, 0.1) is 6.33 Å². The third-order valence-corrected chi connectivity index (χ3v) is 3.46. The molecule has 0 spiro atoms. The molecule has 0 saturated carbocycles. The van der Waals surface area contributed by atoms with Gasteiger partial charge in [-0.25, -0.2) is 4.98 Å². The summed E-state index contributed by atoms with van der Waals surface area (Å²) in [6.45, 7) is 2.16. The van der Waals surface area contributed by atoms with Gasteiger partial charge >= 0.3 is 0 Å². The molecular formula is C14H18ClN3. The number of aromatic nitrogens is 2. The van der Waals surface area contributed by atoms with E-state index in [1.54, 1.807) is 6.20 Å². The van der Waals surface area contributed by atoms with Crippen molar-refractivity contribution in [3.8, 4) is 0 Å². The fraction of sp³-hybridized carbons (Fsp3) is 0.357. The van der Waals surface area contributed by atoms with Gasteiger partial charge in [0, 0.05) is 29.5 Å². The second-order valence-electron chi connectivity index (χ2n) is 4.47. The van der Waals surface area contributed by atoms with Gasteiger partial charge in [-0.05, 0) is 30.5 Å². The number of benzene rings is 1. The topological polar surface area (TPSA) is 43.8 Å². The smallest absolute Gasteiger partial charge is 0.0948 e. The van der Waals surface area contributed by atoms with E-state index in [4.69, 9.17) is 17.3 Å². The molecule has 0 aliphatic heterocycles. The molecule has 2 unspecified atom stereocenters. The lowest BCUT2D eigenvalue weighted by Gasteiger charge is -2.21. The highest BCUT2D eigenvalue weighted by molar-refractivity contribution is 6.30. The predicted molar refractivity (Wildman–Crippen MR) is 74.6 cm³/mol. The van der Waals surface area contributed by atoms with Crippen LogP contribution in [0.3, 0.4) is 0 Å². The molecule has 1 aromatic heterocycles. The van der Waals surface area contributed by atoms with E-state index in [9.17, 15) is 0 Å². The van der Waals surface area contributed by atoms with Gasteiger partial charge < -0.3 is 10.3 Å². The Morgan fingerprint density at radius 3 is 2.89 bits per heavy atom. The highest BCUT2D eigenvalue weighted by Gasteiger charge is 2.14. The molecule has 0 saturated heterocycles. The SMILES string of the molecule is CCC(CC(N)c1cccc(Cl)c1)n1ccnc1. The van der Waals surface area contributed by atoms with Crippen molar-refractivity contribution < 1.29 is 0 Å². The molecule has 0 radical (unpaired) electrons. The summed E-state index contributed by atoms with van der Waals surface area (Å²) in [5.41, 5.74) is 7.34. The van der Waals surface area contributed by atoms with E-state index in [-0.39, 0.29) is 6.04 Å². The van der Waals surface area contributed by atoms with E-state index in [2.05, 4.69) is 16.5 Å². The molecule has 2 atom stereocenters. The molecule has 0 aliphatic rings. The molecule has 0 fully saturated rings. The van der Waals surface area contributed by atoms with Crippen molar-refractivity contribution in [2.75, 3.05) is 0 Å². The van der Waals surface area contributed by atoms with Gasteiger partial charge in [0.15, 0.2) is 0 Å². The molecule has 0 amide bonds. The van der Waals surface area contributed by atoms with E-state index in [0.29, 0.717) is 6.04 Å². The second kappa shape index (κ2) is 6.03. The first-order valence-corrected chi connectivity index (χ1v) is 6.57. The van der Waals surface area contributed by atoms with Crippen LogP contribution in [-0.4, -0.2) is 9.55 Å². The van der Waals surface area contributed by atoms with Crippen molar-refractivity contribution in [2.24, 2.45) is 5.73 Å². The molecule has 0 bridgehead atoms. The Morgan fingerprint density at radius 2 is 2.28 bits per heavy atom. The molecule has 1 heterocycles. The number of hydrogen-bond donors (Lipinski definition) is 1. The van der Waals surface area contributed by atoms with Crippen LogP contribution in [0.4, 0.5) is 0 Å². The highest BCUT2D eigenvalue weighted by Crippen LogP contribution is 2.26. The molecule has 3 nitrogen and oxygen atoms in total. The largest absolute Gasteiger partial charge is 0.334 e. The van der Waals surface area contributed by atoms with E-state index >= 15 is 0 Å². The van der Waals surface area contributed by atoms with Crippen LogP contribution in [0, 0.1) is 0 Å². The van der Waals surface area contributed by atoms with Crippen LogP contribution in [0.1, 0.15) is 37.4 Å². The van der Waals surface area contributed by atoms with Crippen LogP contribution in [0.15, 0.2) is 43.0 Å². The highest BCUT2D eigenvalue weighted by atomic mass is 35.5. The Bertz CT molecular complexity index is 482. The van der Waals surface area contributed by atoms with Crippen LogP contribution >= 0.6 is 11.6 Å². The van der Waals surface area contributed by atoms with E-state index < -0.39 is 0 Å². The Labute approximate surface area is 113 Å². The minimum atomic E-state index is -0.00366. The van der Waals surface area contributed by atoms with Gasteiger partial charge in [-0.1, -0.05) is 30.7 Å². The monoisotopic (exact) mass is 263 g/mol. The third-order valence-electron chi connectivity index (χ3n) is 3.22. The number of imidazole rings is 1. The zero-order valence-corrected chi connectivity index (χ0v) is 11.2. The van der Waals surface area contributed by atoms with Crippen LogP contribution < -0.4 is 5.73 Å². The van der Waals surface area contributed by atoms with Gasteiger partial charge in [0.25, 0.3) is 0 Å². The van der Waals surface area contributed by atoms with Crippen molar-refractivity contribution >= 4 is 11.6 Å². The molecule has 1 aromatic carbocycles. The Balaban J connectivity index is 2.08. The number of halogens is 1. The number of hydrogen-bond acceptors (Lipinski definition) is 2. The maximum atomic E-state index is 6.25. The molecule has 2 rings (SSSR count). The Hall–Kier alpha value is -1.32. The van der Waals surface area contributed by atoms with Gasteiger partial charge in [0.2, 0.25) is 0 Å². The Morgan fingerprint density at radius 1 is 1.44 bits per heavy atom. The van der Waals surface area contributed by atoms with E-state index in [0.717, 1.165) is 23.4 Å². The summed E-state index contributed by atoms with van der Waals surface area (Å²) in [5.74, 6) is 0. The molecule has 96 valence electrons. The fourth-order valence-corrected chi connectivity index (χ4v) is 2.35. The summed E-state index contributed by atoms with van der Waals surface area (Å²) in [6, 6.07) is 8.14. The first-order valence-electron chi connectivity index (χ1n) is 6.19. The molecule has 4 heteroatoms. The summed E-state index contributed by atoms with van der Waals surface area (Å²) in [4.78, 5) is 4.09. The normalized spacial score (nSPS) is 14.4. The average Bonchev–Trinajstić information content (AvgIpc) is 2.89. The van der Waals surface area contributed by atoms with Crippen molar-refractivity contribution in [1.29, 1.82) is 0 Å². The average molecular weight is 264 g/mol. The minimum absolute atomic E-state index is 0.00366. The first-order chi connectivity index (χ1) is 8.70. The third kappa shape index (κ3) is 3.12. The number of nitrogens with zero attached hydrogens (tertiary/aromatic N) is 2. The number of nitrogens with two attached hydrogens (primary N) is 1. The van der Waals surface area contributed by atoms with Crippen LogP contribution in [0.25, 0.3) is 0 Å². The lowest BCUT2D eigenvalue weighted by atomic mass is 9.99. The van der Waals surface area contributed by atoms with Crippen molar-refractivity contribution in [2.45, 2.75) is 31.8 Å². The van der Waals surface area contributed by atoms with Gasteiger partial charge in [-0.15, -0.1) is 0 Å². The lowest BCUT2D eigenvalue weighted by Crippen LogP contribution is -2.17. The summed E-state index contributed by atoms with van der Waals surface area (Å²) in [7, 11) is 0. The Kier molecular flexibility index (Phi) is 4.39. The zero-order chi connectivity index (χ0) is 13.0. The minimum Gasteiger partial charge on any atom is -0.334 e. The lowest BCUT2D eigenvalue weighted by molar-refractivity contribution is 0.414. The van der Waals surface area contributed by atoms with Crippen LogP contribution in [0.2, 0.25) is 5.02 Å². The number of rotatable bonds is 5. The molecule has 2 aromatic rings. The zero-order valence-electron chi connectivity index (χ0n) is 10.5. The van der Waals surface area contributed by atoms with Crippen molar-refractivity contribution in [3.05, 3.63) is 53.6 Å². The first kappa shape index (κ1) is 13.1. The maximum absolute atomic E-state index is 6.25. The van der Waals surface area contributed by atoms with Gasteiger partial charge in [-0.2, -0.15) is 0 Å². The van der Waals surface area contributed by atoms with E-state index in [1.165, 1.54) is 0 Å². The van der Waals surface area contributed by atoms with Crippen LogP contribution in [-0.2, 0) is 0 Å². The van der Waals surface area contributed by atoms with Gasteiger partial charge in [0.1, 0.15) is 0 Å². The maximum Gasteiger partial charge on any atom is 0.0948 e. The van der Waals surface area contributed by atoms with Crippen molar-refractivity contribution in [3.63, 3.8) is 0 Å². The van der Waals surface area contributed by atoms with Crippen LogP contribution in [0.5, 0.6) is 0 Å². The predicted octanol–water partition coefficient (Wildman–Crippen LogP) is 3.58. The van der Waals surface area contributed by atoms with Crippen molar-refractivity contribution in [1.82, 2.24) is 9.55 Å². The summed E-state index contributed by atoms with van der Waals surface area (Å²) < 4.78 is 2.12. The second-order valence-corrected chi connectivity index (χ2v) is 4.91. The van der Waals surface area contributed by atoms with E-state index in [1.807, 2.05) is 36.8 Å². The summed E-state index contributed by atoms with van der Waals surface area (Å²) in [5, 5.41) is 0.735. The molecule has 2 N–H and O–H groups in total.